The van der Waals surface area contributed by atoms with E-state index in [0.717, 1.165) is 43.5 Å². The first kappa shape index (κ1) is 16.4. The molecule has 2 aliphatic rings. The van der Waals surface area contributed by atoms with Gasteiger partial charge in [0.15, 0.2) is 11.5 Å². The van der Waals surface area contributed by atoms with Crippen LogP contribution in [0.3, 0.4) is 0 Å². The average Bonchev–Trinajstić information content (AvgIpc) is 2.59. The predicted molar refractivity (Wildman–Crippen MR) is 88.4 cm³/mol. The van der Waals surface area contributed by atoms with Crippen LogP contribution < -0.4 is 19.5 Å². The standard InChI is InChI=1S/C18H27NO4/c1-21-14-11-16(23-3)15(22-2)10-12(14)17-13-6-4-5-7-18(13,20)8-9-19-17/h10-11,13,17,19-20H,4-9H2,1-3H3/t13-,17-,18+/m1/s1. The number of rotatable bonds is 4. The van der Waals surface area contributed by atoms with E-state index >= 15 is 0 Å². The van der Waals surface area contributed by atoms with Gasteiger partial charge in [-0.05, 0) is 31.9 Å². The molecule has 3 atom stereocenters. The fourth-order valence-corrected chi connectivity index (χ4v) is 4.25. The molecule has 1 heterocycles. The minimum Gasteiger partial charge on any atom is -0.496 e. The summed E-state index contributed by atoms with van der Waals surface area (Å²) in [5.74, 6) is 2.32. The van der Waals surface area contributed by atoms with Crippen LogP contribution in [0.4, 0.5) is 0 Å². The molecule has 0 bridgehead atoms. The Morgan fingerprint density at radius 1 is 1.00 bits per heavy atom. The molecule has 0 aromatic heterocycles. The minimum atomic E-state index is -0.563. The van der Waals surface area contributed by atoms with Gasteiger partial charge in [0.05, 0.1) is 26.9 Å². The van der Waals surface area contributed by atoms with E-state index in [1.54, 1.807) is 21.3 Å². The zero-order valence-corrected chi connectivity index (χ0v) is 14.2. The van der Waals surface area contributed by atoms with Gasteiger partial charge in [-0.2, -0.15) is 0 Å². The zero-order chi connectivity index (χ0) is 16.4. The van der Waals surface area contributed by atoms with E-state index in [9.17, 15) is 5.11 Å². The quantitative estimate of drug-likeness (QED) is 0.893. The van der Waals surface area contributed by atoms with Gasteiger partial charge in [-0.25, -0.2) is 0 Å². The SMILES string of the molecule is COc1cc(OC)c([C@H]2NCC[C@@]3(O)CCCC[C@H]23)cc1OC. The molecule has 0 unspecified atom stereocenters. The maximum absolute atomic E-state index is 11.1. The maximum Gasteiger partial charge on any atom is 0.164 e. The summed E-state index contributed by atoms with van der Waals surface area (Å²) in [5.41, 5.74) is 0.474. The van der Waals surface area contributed by atoms with Crippen molar-refractivity contribution in [2.75, 3.05) is 27.9 Å². The highest BCUT2D eigenvalue weighted by atomic mass is 16.5. The van der Waals surface area contributed by atoms with Crippen molar-refractivity contribution in [3.8, 4) is 17.2 Å². The van der Waals surface area contributed by atoms with Gasteiger partial charge in [-0.3, -0.25) is 0 Å². The van der Waals surface area contributed by atoms with Gasteiger partial charge in [0.25, 0.3) is 0 Å². The molecule has 5 nitrogen and oxygen atoms in total. The lowest BCUT2D eigenvalue weighted by atomic mass is 9.66. The third kappa shape index (κ3) is 2.88. The third-order valence-electron chi connectivity index (χ3n) is 5.46. The van der Waals surface area contributed by atoms with Crippen LogP contribution in [0.15, 0.2) is 12.1 Å². The van der Waals surface area contributed by atoms with E-state index in [1.807, 2.05) is 12.1 Å². The molecular formula is C18H27NO4. The molecule has 0 amide bonds. The molecule has 1 saturated carbocycles. The highest BCUT2D eigenvalue weighted by Crippen LogP contribution is 2.49. The predicted octanol–water partition coefficient (Wildman–Crippen LogP) is 2.67. The van der Waals surface area contributed by atoms with Crippen LogP contribution in [0.5, 0.6) is 17.2 Å². The van der Waals surface area contributed by atoms with E-state index in [-0.39, 0.29) is 12.0 Å². The Morgan fingerprint density at radius 3 is 2.39 bits per heavy atom. The van der Waals surface area contributed by atoms with Crippen molar-refractivity contribution < 1.29 is 19.3 Å². The lowest BCUT2D eigenvalue weighted by Crippen LogP contribution is -2.53. The fourth-order valence-electron chi connectivity index (χ4n) is 4.25. The fraction of sp³-hybridized carbons (Fsp3) is 0.667. The molecule has 1 saturated heterocycles. The number of fused-ring (bicyclic) bond motifs is 1. The van der Waals surface area contributed by atoms with Crippen LogP contribution in [0.2, 0.25) is 0 Å². The number of methoxy groups -OCH3 is 3. The molecule has 1 aromatic rings. The molecule has 23 heavy (non-hydrogen) atoms. The van der Waals surface area contributed by atoms with Gasteiger partial charge >= 0.3 is 0 Å². The van der Waals surface area contributed by atoms with E-state index in [0.29, 0.717) is 11.5 Å². The Balaban J connectivity index is 2.02. The Hall–Kier alpha value is -1.46. The van der Waals surface area contributed by atoms with Crippen LogP contribution in [0.1, 0.15) is 43.7 Å². The molecule has 3 rings (SSSR count). The Labute approximate surface area is 137 Å². The summed E-state index contributed by atoms with van der Waals surface area (Å²) < 4.78 is 16.4. The Bertz CT molecular complexity index is 558. The van der Waals surface area contributed by atoms with Gasteiger partial charge < -0.3 is 24.6 Å². The molecule has 5 heteroatoms. The van der Waals surface area contributed by atoms with Crippen molar-refractivity contribution in [3.63, 3.8) is 0 Å². The zero-order valence-electron chi connectivity index (χ0n) is 14.2. The molecule has 0 radical (unpaired) electrons. The summed E-state index contributed by atoms with van der Waals surface area (Å²) >= 11 is 0. The molecular weight excluding hydrogens is 294 g/mol. The monoisotopic (exact) mass is 321 g/mol. The largest absolute Gasteiger partial charge is 0.496 e. The first-order valence-corrected chi connectivity index (χ1v) is 8.38. The highest BCUT2D eigenvalue weighted by molar-refractivity contribution is 5.52. The molecule has 128 valence electrons. The van der Waals surface area contributed by atoms with Crippen LogP contribution in [0.25, 0.3) is 0 Å². The number of ether oxygens (including phenoxy) is 3. The number of hydrogen-bond donors (Lipinski definition) is 2. The Morgan fingerprint density at radius 2 is 1.70 bits per heavy atom. The summed E-state index contributed by atoms with van der Waals surface area (Å²) in [5, 5.41) is 14.7. The van der Waals surface area contributed by atoms with Crippen LogP contribution in [-0.2, 0) is 0 Å². The number of benzene rings is 1. The average molecular weight is 321 g/mol. The van der Waals surface area contributed by atoms with Crippen molar-refractivity contribution in [1.82, 2.24) is 5.32 Å². The summed E-state index contributed by atoms with van der Waals surface area (Å²) in [6.07, 6.45) is 5.03. The van der Waals surface area contributed by atoms with Gasteiger partial charge in [0.2, 0.25) is 0 Å². The van der Waals surface area contributed by atoms with Gasteiger partial charge in [0, 0.05) is 23.6 Å². The Kier molecular flexibility index (Phi) is 4.69. The van der Waals surface area contributed by atoms with Crippen LogP contribution in [0, 0.1) is 5.92 Å². The van der Waals surface area contributed by atoms with Crippen molar-refractivity contribution in [3.05, 3.63) is 17.7 Å². The van der Waals surface area contributed by atoms with E-state index < -0.39 is 5.60 Å². The molecule has 1 aliphatic carbocycles. The number of aliphatic hydroxyl groups is 1. The van der Waals surface area contributed by atoms with Gasteiger partial charge in [-0.15, -0.1) is 0 Å². The summed E-state index contributed by atoms with van der Waals surface area (Å²) in [6.45, 7) is 0.815. The molecule has 1 aliphatic heterocycles. The first-order valence-electron chi connectivity index (χ1n) is 8.38. The van der Waals surface area contributed by atoms with Gasteiger partial charge in [-0.1, -0.05) is 12.8 Å². The highest BCUT2D eigenvalue weighted by Gasteiger charge is 2.46. The topological polar surface area (TPSA) is 60.0 Å². The molecule has 2 N–H and O–H groups in total. The van der Waals surface area contributed by atoms with Crippen molar-refractivity contribution in [1.29, 1.82) is 0 Å². The third-order valence-corrected chi connectivity index (χ3v) is 5.46. The summed E-state index contributed by atoms with van der Waals surface area (Å²) in [7, 11) is 4.93. The van der Waals surface area contributed by atoms with Crippen molar-refractivity contribution >= 4 is 0 Å². The summed E-state index contributed by atoms with van der Waals surface area (Å²) in [4.78, 5) is 0. The van der Waals surface area contributed by atoms with Crippen molar-refractivity contribution in [2.24, 2.45) is 5.92 Å². The van der Waals surface area contributed by atoms with Gasteiger partial charge in [0.1, 0.15) is 5.75 Å². The summed E-state index contributed by atoms with van der Waals surface area (Å²) in [6, 6.07) is 3.92. The van der Waals surface area contributed by atoms with Crippen LogP contribution >= 0.6 is 0 Å². The second kappa shape index (κ2) is 6.57. The maximum atomic E-state index is 11.1. The smallest absolute Gasteiger partial charge is 0.164 e. The van der Waals surface area contributed by atoms with E-state index in [4.69, 9.17) is 14.2 Å². The number of piperidine rings is 1. The van der Waals surface area contributed by atoms with Crippen molar-refractivity contribution in [2.45, 2.75) is 43.7 Å². The number of hydrogen-bond acceptors (Lipinski definition) is 5. The van der Waals surface area contributed by atoms with Crippen LogP contribution in [-0.4, -0.2) is 38.6 Å². The second-order valence-corrected chi connectivity index (χ2v) is 6.59. The van der Waals surface area contributed by atoms with E-state index in [1.165, 1.54) is 6.42 Å². The molecule has 0 spiro atoms. The second-order valence-electron chi connectivity index (χ2n) is 6.59. The lowest BCUT2D eigenvalue weighted by molar-refractivity contribution is -0.0863. The normalized spacial score (nSPS) is 30.4. The minimum absolute atomic E-state index is 0.0730. The number of nitrogens with one attached hydrogen (secondary N) is 1. The molecule has 1 aromatic carbocycles. The lowest BCUT2D eigenvalue weighted by Gasteiger charge is -2.48. The van der Waals surface area contributed by atoms with E-state index in [2.05, 4.69) is 5.32 Å². The molecule has 2 fully saturated rings. The first-order chi connectivity index (χ1) is 11.1.